The predicted octanol–water partition coefficient (Wildman–Crippen LogP) is 2.34. The van der Waals surface area contributed by atoms with Crippen molar-refractivity contribution < 1.29 is 0 Å². The van der Waals surface area contributed by atoms with Crippen molar-refractivity contribution in [2.75, 3.05) is 6.54 Å². The molecule has 13 heavy (non-hydrogen) atoms. The fourth-order valence-corrected chi connectivity index (χ4v) is 2.11. The van der Waals surface area contributed by atoms with Gasteiger partial charge < -0.3 is 5.32 Å². The first-order valence-corrected chi connectivity index (χ1v) is 5.67. The number of thiazole rings is 1. The summed E-state index contributed by atoms with van der Waals surface area (Å²) in [6, 6.07) is 0. The summed E-state index contributed by atoms with van der Waals surface area (Å²) >= 11 is 1.75. The molecule has 1 N–H and O–H groups in total. The summed E-state index contributed by atoms with van der Waals surface area (Å²) in [5.41, 5.74) is 3.71. The summed E-state index contributed by atoms with van der Waals surface area (Å²) in [6.45, 7) is 6.57. The van der Waals surface area contributed by atoms with Crippen molar-refractivity contribution in [1.29, 1.82) is 0 Å². The molecule has 1 aliphatic carbocycles. The van der Waals surface area contributed by atoms with Gasteiger partial charge in [-0.05, 0) is 25.2 Å². The monoisotopic (exact) mass is 196 g/mol. The van der Waals surface area contributed by atoms with Gasteiger partial charge in [-0.1, -0.05) is 6.92 Å². The summed E-state index contributed by atoms with van der Waals surface area (Å²) in [5.74, 6) is 0. The molecule has 2 nitrogen and oxygen atoms in total. The van der Waals surface area contributed by atoms with Gasteiger partial charge >= 0.3 is 0 Å². The Balaban J connectivity index is 1.77. The number of nitrogens with zero attached hydrogens (tertiary/aromatic N) is 1. The van der Waals surface area contributed by atoms with Crippen molar-refractivity contribution in [3.05, 3.63) is 16.1 Å². The molecule has 0 aliphatic heterocycles. The number of hydrogen-bond acceptors (Lipinski definition) is 3. The fraction of sp³-hybridized carbons (Fsp3) is 0.700. The Bertz CT molecular complexity index is 289. The van der Waals surface area contributed by atoms with Gasteiger partial charge in [-0.3, -0.25) is 0 Å². The van der Waals surface area contributed by atoms with E-state index in [4.69, 9.17) is 0 Å². The smallest absolute Gasteiger partial charge is 0.0798 e. The average molecular weight is 196 g/mol. The molecule has 3 heteroatoms. The van der Waals surface area contributed by atoms with Crippen LogP contribution in [0.3, 0.4) is 0 Å². The summed E-state index contributed by atoms with van der Waals surface area (Å²) in [5, 5.41) is 3.50. The van der Waals surface area contributed by atoms with E-state index in [1.54, 1.807) is 11.3 Å². The standard InChI is InChI=1S/C10H16N2S/c1-8-9(13-7-12-8)5-11-6-10(2)3-4-10/h7,11H,3-6H2,1-2H3. The maximum Gasteiger partial charge on any atom is 0.0798 e. The van der Waals surface area contributed by atoms with Crippen LogP contribution in [0.25, 0.3) is 0 Å². The lowest BCUT2D eigenvalue weighted by molar-refractivity contribution is 0.500. The lowest BCUT2D eigenvalue weighted by Crippen LogP contribution is -2.21. The van der Waals surface area contributed by atoms with Crippen LogP contribution in [0.1, 0.15) is 30.3 Å². The Morgan fingerprint density at radius 3 is 2.92 bits per heavy atom. The van der Waals surface area contributed by atoms with Crippen molar-refractivity contribution in [2.45, 2.75) is 33.2 Å². The first kappa shape index (κ1) is 9.16. The maximum absolute atomic E-state index is 4.23. The van der Waals surface area contributed by atoms with Gasteiger partial charge in [0.2, 0.25) is 0 Å². The van der Waals surface area contributed by atoms with Gasteiger partial charge in [-0.15, -0.1) is 11.3 Å². The molecule has 2 rings (SSSR count). The topological polar surface area (TPSA) is 24.9 Å². The number of aryl methyl sites for hydroxylation is 1. The first-order chi connectivity index (χ1) is 6.20. The van der Waals surface area contributed by atoms with Crippen molar-refractivity contribution in [3.63, 3.8) is 0 Å². The second-order valence-electron chi connectivity index (χ2n) is 4.28. The van der Waals surface area contributed by atoms with E-state index in [0.29, 0.717) is 5.41 Å². The zero-order valence-electron chi connectivity index (χ0n) is 8.26. The van der Waals surface area contributed by atoms with E-state index in [1.807, 2.05) is 5.51 Å². The highest BCUT2D eigenvalue weighted by molar-refractivity contribution is 7.09. The van der Waals surface area contributed by atoms with E-state index in [-0.39, 0.29) is 0 Å². The van der Waals surface area contributed by atoms with E-state index in [9.17, 15) is 0 Å². The SMILES string of the molecule is Cc1ncsc1CNCC1(C)CC1. The van der Waals surface area contributed by atoms with Gasteiger partial charge in [0.15, 0.2) is 0 Å². The summed E-state index contributed by atoms with van der Waals surface area (Å²) < 4.78 is 0. The number of rotatable bonds is 4. The minimum absolute atomic E-state index is 0.610. The molecule has 0 aromatic carbocycles. The van der Waals surface area contributed by atoms with Gasteiger partial charge in [-0.2, -0.15) is 0 Å². The van der Waals surface area contributed by atoms with Crippen molar-refractivity contribution in [2.24, 2.45) is 5.41 Å². The van der Waals surface area contributed by atoms with Gasteiger partial charge in [0, 0.05) is 18.0 Å². The van der Waals surface area contributed by atoms with E-state index < -0.39 is 0 Å². The van der Waals surface area contributed by atoms with Crippen molar-refractivity contribution in [3.8, 4) is 0 Å². The normalized spacial score (nSPS) is 18.9. The van der Waals surface area contributed by atoms with Crippen molar-refractivity contribution >= 4 is 11.3 Å². The molecule has 72 valence electrons. The minimum atomic E-state index is 0.610. The van der Waals surface area contributed by atoms with Gasteiger partial charge in [-0.25, -0.2) is 4.98 Å². The summed E-state index contributed by atoms with van der Waals surface area (Å²) in [7, 11) is 0. The predicted molar refractivity (Wildman–Crippen MR) is 55.9 cm³/mol. The zero-order valence-corrected chi connectivity index (χ0v) is 9.08. The Labute approximate surface area is 83.4 Å². The minimum Gasteiger partial charge on any atom is -0.311 e. The highest BCUT2D eigenvalue weighted by Gasteiger charge is 2.36. The van der Waals surface area contributed by atoms with Gasteiger partial charge in [0.25, 0.3) is 0 Å². The molecule has 1 fully saturated rings. The molecular formula is C10H16N2S. The Hall–Kier alpha value is -0.410. The average Bonchev–Trinajstić information content (AvgIpc) is 2.68. The molecule has 0 amide bonds. The summed E-state index contributed by atoms with van der Waals surface area (Å²) in [4.78, 5) is 5.60. The Morgan fingerprint density at radius 2 is 2.38 bits per heavy atom. The highest BCUT2D eigenvalue weighted by atomic mass is 32.1. The fourth-order valence-electron chi connectivity index (χ4n) is 1.36. The molecule has 1 aromatic rings. The Morgan fingerprint density at radius 1 is 1.62 bits per heavy atom. The van der Waals surface area contributed by atoms with Crippen LogP contribution in [0.4, 0.5) is 0 Å². The van der Waals surface area contributed by atoms with E-state index in [0.717, 1.165) is 13.1 Å². The molecule has 0 atom stereocenters. The molecule has 1 heterocycles. The second kappa shape index (κ2) is 3.39. The molecule has 0 bridgehead atoms. The molecular weight excluding hydrogens is 180 g/mol. The number of aromatic nitrogens is 1. The van der Waals surface area contributed by atoms with E-state index in [2.05, 4.69) is 24.1 Å². The number of nitrogens with one attached hydrogen (secondary N) is 1. The quantitative estimate of drug-likeness (QED) is 0.799. The van der Waals surface area contributed by atoms with Crippen LogP contribution in [-0.2, 0) is 6.54 Å². The van der Waals surface area contributed by atoms with Crippen LogP contribution in [-0.4, -0.2) is 11.5 Å². The molecule has 1 saturated carbocycles. The van der Waals surface area contributed by atoms with Crippen LogP contribution >= 0.6 is 11.3 Å². The lowest BCUT2D eigenvalue weighted by Gasteiger charge is -2.08. The number of hydrogen-bond donors (Lipinski definition) is 1. The molecule has 0 unspecified atom stereocenters. The van der Waals surface area contributed by atoms with Crippen LogP contribution < -0.4 is 5.32 Å². The van der Waals surface area contributed by atoms with Crippen LogP contribution in [0.5, 0.6) is 0 Å². The second-order valence-corrected chi connectivity index (χ2v) is 5.21. The van der Waals surface area contributed by atoms with E-state index >= 15 is 0 Å². The summed E-state index contributed by atoms with van der Waals surface area (Å²) in [6.07, 6.45) is 2.78. The maximum atomic E-state index is 4.23. The molecule has 0 saturated heterocycles. The zero-order chi connectivity index (χ0) is 9.31. The first-order valence-electron chi connectivity index (χ1n) is 4.79. The molecule has 0 radical (unpaired) electrons. The van der Waals surface area contributed by atoms with Gasteiger partial charge in [0.1, 0.15) is 0 Å². The molecule has 1 aromatic heterocycles. The molecule has 1 aliphatic rings. The van der Waals surface area contributed by atoms with Crippen LogP contribution in [0, 0.1) is 12.3 Å². The highest BCUT2D eigenvalue weighted by Crippen LogP contribution is 2.44. The van der Waals surface area contributed by atoms with Crippen LogP contribution in [0.15, 0.2) is 5.51 Å². The van der Waals surface area contributed by atoms with Gasteiger partial charge in [0.05, 0.1) is 11.2 Å². The van der Waals surface area contributed by atoms with Crippen LogP contribution in [0.2, 0.25) is 0 Å². The largest absolute Gasteiger partial charge is 0.311 e. The van der Waals surface area contributed by atoms with E-state index in [1.165, 1.54) is 23.4 Å². The third-order valence-corrected chi connectivity index (χ3v) is 3.72. The van der Waals surface area contributed by atoms with Crippen molar-refractivity contribution in [1.82, 2.24) is 10.3 Å². The Kier molecular flexibility index (Phi) is 2.39. The molecule has 0 spiro atoms. The third-order valence-electron chi connectivity index (χ3n) is 2.79. The lowest BCUT2D eigenvalue weighted by atomic mass is 10.1. The third kappa shape index (κ3) is 2.29.